The Morgan fingerprint density at radius 2 is 2.00 bits per heavy atom. The highest BCUT2D eigenvalue weighted by Crippen LogP contribution is 1.93. The third-order valence-electron chi connectivity index (χ3n) is 1.31. The molecule has 0 aliphatic carbocycles. The average molecular weight is 159 g/mol. The van der Waals surface area contributed by atoms with Gasteiger partial charge in [-0.15, -0.1) is 0 Å². The zero-order chi connectivity index (χ0) is 8.85. The van der Waals surface area contributed by atoms with Gasteiger partial charge in [0.1, 0.15) is 0 Å². The Hall–Kier alpha value is -0.410. The van der Waals surface area contributed by atoms with Gasteiger partial charge in [0.25, 0.3) is 0 Å². The van der Waals surface area contributed by atoms with Crippen LogP contribution in [0.25, 0.3) is 0 Å². The Morgan fingerprint density at radius 3 is 2.36 bits per heavy atom. The summed E-state index contributed by atoms with van der Waals surface area (Å²) in [6, 6.07) is -0.356. The molecular weight excluding hydrogens is 142 g/mol. The summed E-state index contributed by atoms with van der Waals surface area (Å²) in [6.07, 6.45) is 0.617. The standard InChI is InChI=1S/C8H17NO2/c1-6(2)11-5-4-8(10)7(3)9/h6-7H,4-5,9H2,1-3H3. The van der Waals surface area contributed by atoms with Gasteiger partial charge in [0, 0.05) is 6.42 Å². The SMILES string of the molecule is CC(C)OCCC(=O)C(C)N. The van der Waals surface area contributed by atoms with Crippen molar-refractivity contribution in [2.45, 2.75) is 39.3 Å². The van der Waals surface area contributed by atoms with Crippen molar-refractivity contribution in [3.8, 4) is 0 Å². The number of carbonyl (C=O) groups is 1. The van der Waals surface area contributed by atoms with E-state index in [9.17, 15) is 4.79 Å². The van der Waals surface area contributed by atoms with E-state index in [1.165, 1.54) is 0 Å². The molecule has 0 aliphatic rings. The van der Waals surface area contributed by atoms with Crippen molar-refractivity contribution in [2.24, 2.45) is 5.73 Å². The van der Waals surface area contributed by atoms with Gasteiger partial charge in [-0.1, -0.05) is 0 Å². The van der Waals surface area contributed by atoms with E-state index in [1.54, 1.807) is 6.92 Å². The Balaban J connectivity index is 3.32. The van der Waals surface area contributed by atoms with Crippen LogP contribution in [0.4, 0.5) is 0 Å². The van der Waals surface area contributed by atoms with Gasteiger partial charge >= 0.3 is 0 Å². The topological polar surface area (TPSA) is 52.3 Å². The smallest absolute Gasteiger partial charge is 0.151 e. The maximum atomic E-state index is 10.9. The number of rotatable bonds is 5. The minimum Gasteiger partial charge on any atom is -0.378 e. The second-order valence-corrected chi connectivity index (χ2v) is 2.92. The van der Waals surface area contributed by atoms with E-state index < -0.39 is 0 Å². The lowest BCUT2D eigenvalue weighted by molar-refractivity contribution is -0.121. The Bertz CT molecular complexity index is 121. The fraction of sp³-hybridized carbons (Fsp3) is 0.875. The summed E-state index contributed by atoms with van der Waals surface area (Å²) in [6.45, 7) is 6.06. The summed E-state index contributed by atoms with van der Waals surface area (Å²) in [5, 5.41) is 0. The molecule has 0 aromatic carbocycles. The van der Waals surface area contributed by atoms with Crippen LogP contribution in [0.3, 0.4) is 0 Å². The van der Waals surface area contributed by atoms with Crippen LogP contribution in [-0.2, 0) is 9.53 Å². The molecule has 1 atom stereocenters. The Labute approximate surface area is 67.9 Å². The first-order valence-electron chi connectivity index (χ1n) is 3.94. The van der Waals surface area contributed by atoms with Crippen LogP contribution >= 0.6 is 0 Å². The molecule has 0 aliphatic heterocycles. The molecule has 0 saturated carbocycles. The maximum absolute atomic E-state index is 10.9. The fourth-order valence-corrected chi connectivity index (χ4v) is 0.623. The second-order valence-electron chi connectivity index (χ2n) is 2.92. The average Bonchev–Trinajstić information content (AvgIpc) is 1.86. The van der Waals surface area contributed by atoms with E-state index in [4.69, 9.17) is 10.5 Å². The summed E-state index contributed by atoms with van der Waals surface area (Å²) in [5.74, 6) is 0.0608. The van der Waals surface area contributed by atoms with Crippen LogP contribution in [0.5, 0.6) is 0 Å². The Kier molecular flexibility index (Phi) is 5.07. The lowest BCUT2D eigenvalue weighted by Crippen LogP contribution is -2.27. The highest BCUT2D eigenvalue weighted by atomic mass is 16.5. The molecule has 11 heavy (non-hydrogen) atoms. The largest absolute Gasteiger partial charge is 0.378 e. The molecule has 1 unspecified atom stereocenters. The van der Waals surface area contributed by atoms with Crippen molar-refractivity contribution in [3.05, 3.63) is 0 Å². The first-order chi connectivity index (χ1) is 5.04. The number of carbonyl (C=O) groups excluding carboxylic acids is 1. The molecule has 0 aromatic heterocycles. The van der Waals surface area contributed by atoms with Crippen LogP contribution in [0.2, 0.25) is 0 Å². The highest BCUT2D eigenvalue weighted by molar-refractivity contribution is 5.83. The van der Waals surface area contributed by atoms with Gasteiger partial charge < -0.3 is 10.5 Å². The minimum atomic E-state index is -0.356. The maximum Gasteiger partial charge on any atom is 0.151 e. The van der Waals surface area contributed by atoms with Crippen LogP contribution in [0.1, 0.15) is 27.2 Å². The number of Topliss-reactive ketones (excluding diaryl/α,β-unsaturated/α-hetero) is 1. The van der Waals surface area contributed by atoms with E-state index in [2.05, 4.69) is 0 Å². The second kappa shape index (κ2) is 5.27. The first kappa shape index (κ1) is 10.6. The zero-order valence-electron chi connectivity index (χ0n) is 7.46. The molecule has 0 spiro atoms. The Morgan fingerprint density at radius 1 is 1.45 bits per heavy atom. The molecule has 0 rings (SSSR count). The normalized spacial score (nSPS) is 13.5. The summed E-state index contributed by atoms with van der Waals surface area (Å²) >= 11 is 0. The van der Waals surface area contributed by atoms with Crippen molar-refractivity contribution in [1.82, 2.24) is 0 Å². The summed E-state index contributed by atoms with van der Waals surface area (Å²) in [4.78, 5) is 10.9. The molecule has 0 bridgehead atoms. The molecule has 0 amide bonds. The lowest BCUT2D eigenvalue weighted by Gasteiger charge is -2.07. The number of hydrogen-bond donors (Lipinski definition) is 1. The van der Waals surface area contributed by atoms with E-state index in [1.807, 2.05) is 13.8 Å². The lowest BCUT2D eigenvalue weighted by atomic mass is 10.2. The van der Waals surface area contributed by atoms with Crippen molar-refractivity contribution >= 4 is 5.78 Å². The summed E-state index contributed by atoms with van der Waals surface area (Å²) in [7, 11) is 0. The number of hydrogen-bond acceptors (Lipinski definition) is 3. The molecule has 0 radical (unpaired) electrons. The number of ether oxygens (including phenoxy) is 1. The van der Waals surface area contributed by atoms with Gasteiger partial charge in [0.2, 0.25) is 0 Å². The molecular formula is C8H17NO2. The highest BCUT2D eigenvalue weighted by Gasteiger charge is 2.06. The van der Waals surface area contributed by atoms with Gasteiger partial charge in [-0.3, -0.25) is 4.79 Å². The predicted octanol–water partition coefficient (Wildman–Crippen LogP) is 0.718. The fourth-order valence-electron chi connectivity index (χ4n) is 0.623. The molecule has 3 heteroatoms. The van der Waals surface area contributed by atoms with Crippen LogP contribution < -0.4 is 5.73 Å². The van der Waals surface area contributed by atoms with Crippen molar-refractivity contribution in [2.75, 3.05) is 6.61 Å². The van der Waals surface area contributed by atoms with Crippen LogP contribution in [0, 0.1) is 0 Å². The zero-order valence-corrected chi connectivity index (χ0v) is 7.46. The first-order valence-corrected chi connectivity index (χ1v) is 3.94. The molecule has 0 saturated heterocycles. The number of nitrogens with two attached hydrogens (primary N) is 1. The molecule has 0 fully saturated rings. The monoisotopic (exact) mass is 159 g/mol. The molecule has 0 aromatic rings. The third kappa shape index (κ3) is 6.01. The van der Waals surface area contributed by atoms with Crippen molar-refractivity contribution < 1.29 is 9.53 Å². The van der Waals surface area contributed by atoms with Gasteiger partial charge in [-0.25, -0.2) is 0 Å². The van der Waals surface area contributed by atoms with E-state index in [0.29, 0.717) is 13.0 Å². The van der Waals surface area contributed by atoms with Crippen LogP contribution in [-0.4, -0.2) is 24.5 Å². The van der Waals surface area contributed by atoms with Crippen molar-refractivity contribution in [1.29, 1.82) is 0 Å². The van der Waals surface area contributed by atoms with Gasteiger partial charge in [0.05, 0.1) is 18.8 Å². The molecule has 0 heterocycles. The van der Waals surface area contributed by atoms with Gasteiger partial charge in [0.15, 0.2) is 5.78 Å². The summed E-state index contributed by atoms with van der Waals surface area (Å²) < 4.78 is 5.19. The molecule has 2 N–H and O–H groups in total. The van der Waals surface area contributed by atoms with Crippen molar-refractivity contribution in [3.63, 3.8) is 0 Å². The van der Waals surface area contributed by atoms with Crippen LogP contribution in [0.15, 0.2) is 0 Å². The predicted molar refractivity (Wildman–Crippen MR) is 44.4 cm³/mol. The molecule has 3 nitrogen and oxygen atoms in total. The van der Waals surface area contributed by atoms with Gasteiger partial charge in [-0.05, 0) is 20.8 Å². The van der Waals surface area contributed by atoms with E-state index in [-0.39, 0.29) is 17.9 Å². The van der Waals surface area contributed by atoms with E-state index >= 15 is 0 Å². The van der Waals surface area contributed by atoms with E-state index in [0.717, 1.165) is 0 Å². The van der Waals surface area contributed by atoms with Gasteiger partial charge in [-0.2, -0.15) is 0 Å². The third-order valence-corrected chi connectivity index (χ3v) is 1.31. The quantitative estimate of drug-likeness (QED) is 0.643. The number of ketones is 1. The summed E-state index contributed by atoms with van der Waals surface area (Å²) in [5.41, 5.74) is 5.35. The molecule has 66 valence electrons. The minimum absolute atomic E-state index is 0.0608.